The van der Waals surface area contributed by atoms with Gasteiger partial charge in [0.05, 0.1) is 0 Å². The first-order valence-electron chi connectivity index (χ1n) is 8.65. The Morgan fingerprint density at radius 1 is 1.05 bits per heavy atom. The van der Waals surface area contributed by atoms with Crippen LogP contribution in [-0.4, -0.2) is 13.1 Å². The fourth-order valence-electron chi connectivity index (χ4n) is 5.08. The van der Waals surface area contributed by atoms with Crippen molar-refractivity contribution >= 4 is 0 Å². The molecule has 2 saturated carbocycles. The molecular weight excluding hydrogens is 242 g/mol. The molecule has 0 amide bonds. The topological polar surface area (TPSA) is 12.0 Å². The van der Waals surface area contributed by atoms with E-state index in [9.17, 15) is 0 Å². The van der Waals surface area contributed by atoms with Crippen LogP contribution in [0.3, 0.4) is 0 Å². The number of hydrogen-bond donors (Lipinski definition) is 1. The first-order chi connectivity index (χ1) is 9.86. The van der Waals surface area contributed by atoms with Crippen LogP contribution >= 0.6 is 0 Å². The summed E-state index contributed by atoms with van der Waals surface area (Å²) in [7, 11) is 2.17. The Bertz CT molecular complexity index is 481. The molecule has 0 aliphatic heterocycles. The summed E-state index contributed by atoms with van der Waals surface area (Å²) >= 11 is 0. The maximum atomic E-state index is 3.64. The molecule has 20 heavy (non-hydrogen) atoms. The largest absolute Gasteiger partial charge is 0.316 e. The van der Waals surface area contributed by atoms with E-state index in [1.54, 1.807) is 16.7 Å². The van der Waals surface area contributed by atoms with Crippen LogP contribution in [0.2, 0.25) is 0 Å². The molecule has 0 bridgehead atoms. The zero-order chi connectivity index (χ0) is 13.5. The van der Waals surface area contributed by atoms with Crippen LogP contribution in [0.25, 0.3) is 0 Å². The number of nitrogens with one attached hydrogen (secondary N) is 1. The van der Waals surface area contributed by atoms with Gasteiger partial charge < -0.3 is 5.32 Å². The highest BCUT2D eigenvalue weighted by atomic mass is 14.9. The van der Waals surface area contributed by atoms with Gasteiger partial charge in [-0.15, -0.1) is 0 Å². The third kappa shape index (κ3) is 2.20. The molecule has 3 unspecified atom stereocenters. The highest BCUT2D eigenvalue weighted by Crippen LogP contribution is 2.57. The Morgan fingerprint density at radius 2 is 1.80 bits per heavy atom. The maximum Gasteiger partial charge on any atom is 0.0138 e. The van der Waals surface area contributed by atoms with Crippen molar-refractivity contribution < 1.29 is 0 Å². The maximum absolute atomic E-state index is 3.64. The fraction of sp³-hybridized carbons (Fsp3) is 0.684. The summed E-state index contributed by atoms with van der Waals surface area (Å²) in [4.78, 5) is 0. The average Bonchev–Trinajstić information content (AvgIpc) is 3.02. The second-order valence-electron chi connectivity index (χ2n) is 7.25. The molecule has 0 spiro atoms. The van der Waals surface area contributed by atoms with Gasteiger partial charge in [-0.2, -0.15) is 0 Å². The number of rotatable bonds is 4. The highest BCUT2D eigenvalue weighted by Gasteiger charge is 2.53. The summed E-state index contributed by atoms with van der Waals surface area (Å²) < 4.78 is 0. The van der Waals surface area contributed by atoms with Gasteiger partial charge in [-0.1, -0.05) is 31.0 Å². The van der Waals surface area contributed by atoms with Crippen molar-refractivity contribution in [3.8, 4) is 0 Å². The molecule has 0 heterocycles. The molecule has 3 atom stereocenters. The number of aryl methyl sites for hydroxylation is 2. The molecule has 4 rings (SSSR count). The van der Waals surface area contributed by atoms with Gasteiger partial charge in [0.25, 0.3) is 0 Å². The van der Waals surface area contributed by atoms with E-state index in [1.807, 2.05) is 0 Å². The Balaban J connectivity index is 1.47. The van der Waals surface area contributed by atoms with Gasteiger partial charge in [-0.3, -0.25) is 0 Å². The minimum Gasteiger partial charge on any atom is -0.316 e. The minimum atomic E-state index is 0.711. The molecule has 2 fully saturated rings. The molecule has 1 aromatic rings. The van der Waals surface area contributed by atoms with E-state index in [4.69, 9.17) is 0 Å². The molecule has 3 aliphatic rings. The van der Waals surface area contributed by atoms with Crippen LogP contribution in [0.5, 0.6) is 0 Å². The number of fused-ring (bicyclic) bond motifs is 2. The lowest BCUT2D eigenvalue weighted by atomic mass is 9.97. The second-order valence-corrected chi connectivity index (χ2v) is 7.25. The first-order valence-corrected chi connectivity index (χ1v) is 8.65. The normalized spacial score (nSPS) is 32.5. The summed E-state index contributed by atoms with van der Waals surface area (Å²) in [6.07, 6.45) is 11.2. The standard InChI is InChI=1S/C19H27N/c1-20-18(19-16-7-2-3-8-17(16)19)12-13-9-10-14-5-4-6-15(14)11-13/h9-11,16-20H,2-8,12H2,1H3. The Labute approximate surface area is 123 Å². The van der Waals surface area contributed by atoms with Gasteiger partial charge in [-0.05, 0) is 80.0 Å². The van der Waals surface area contributed by atoms with Gasteiger partial charge in [-0.25, -0.2) is 0 Å². The molecule has 0 saturated heterocycles. The SMILES string of the molecule is CNC(Cc1ccc2c(c1)CCC2)C1C2CCCCC21. The fourth-order valence-corrected chi connectivity index (χ4v) is 5.08. The lowest BCUT2D eigenvalue weighted by Crippen LogP contribution is -2.31. The third-order valence-corrected chi connectivity index (χ3v) is 6.18. The Hall–Kier alpha value is -0.820. The molecule has 108 valence electrons. The summed E-state index contributed by atoms with van der Waals surface area (Å²) in [6, 6.07) is 7.99. The van der Waals surface area contributed by atoms with E-state index < -0.39 is 0 Å². The molecule has 0 radical (unpaired) electrons. The molecule has 0 aromatic heterocycles. The van der Waals surface area contributed by atoms with Crippen LogP contribution in [0, 0.1) is 17.8 Å². The van der Waals surface area contributed by atoms with Crippen molar-refractivity contribution in [3.63, 3.8) is 0 Å². The summed E-state index contributed by atoms with van der Waals surface area (Å²) in [5, 5.41) is 3.64. The van der Waals surface area contributed by atoms with Crippen LogP contribution in [-0.2, 0) is 19.3 Å². The smallest absolute Gasteiger partial charge is 0.0138 e. The van der Waals surface area contributed by atoms with E-state index >= 15 is 0 Å². The highest BCUT2D eigenvalue weighted by molar-refractivity contribution is 5.35. The van der Waals surface area contributed by atoms with Crippen LogP contribution in [0.15, 0.2) is 18.2 Å². The predicted octanol–water partition coefficient (Wildman–Crippen LogP) is 3.74. The van der Waals surface area contributed by atoms with E-state index in [0.29, 0.717) is 6.04 Å². The number of likely N-dealkylation sites (N-methyl/N-ethyl adjacent to an activating group) is 1. The van der Waals surface area contributed by atoms with Crippen molar-refractivity contribution in [1.29, 1.82) is 0 Å². The average molecular weight is 269 g/mol. The van der Waals surface area contributed by atoms with Crippen molar-refractivity contribution in [2.75, 3.05) is 7.05 Å². The first kappa shape index (κ1) is 12.9. The van der Waals surface area contributed by atoms with Gasteiger partial charge in [0, 0.05) is 6.04 Å². The van der Waals surface area contributed by atoms with E-state index in [0.717, 1.165) is 17.8 Å². The van der Waals surface area contributed by atoms with E-state index in [2.05, 4.69) is 30.6 Å². The van der Waals surface area contributed by atoms with Crippen molar-refractivity contribution in [2.24, 2.45) is 17.8 Å². The summed E-state index contributed by atoms with van der Waals surface area (Å²) in [6.45, 7) is 0. The zero-order valence-electron chi connectivity index (χ0n) is 12.7. The molecule has 1 aromatic carbocycles. The van der Waals surface area contributed by atoms with E-state index in [-0.39, 0.29) is 0 Å². The van der Waals surface area contributed by atoms with Gasteiger partial charge in [0.15, 0.2) is 0 Å². The second kappa shape index (κ2) is 5.18. The Kier molecular flexibility index (Phi) is 3.34. The van der Waals surface area contributed by atoms with Gasteiger partial charge in [0.1, 0.15) is 0 Å². The van der Waals surface area contributed by atoms with Crippen LogP contribution in [0.4, 0.5) is 0 Å². The van der Waals surface area contributed by atoms with Crippen LogP contribution in [0.1, 0.15) is 48.8 Å². The third-order valence-electron chi connectivity index (χ3n) is 6.18. The van der Waals surface area contributed by atoms with Crippen LogP contribution < -0.4 is 5.32 Å². The van der Waals surface area contributed by atoms with Gasteiger partial charge >= 0.3 is 0 Å². The van der Waals surface area contributed by atoms with E-state index in [1.165, 1.54) is 51.4 Å². The Morgan fingerprint density at radius 3 is 2.55 bits per heavy atom. The number of benzene rings is 1. The van der Waals surface area contributed by atoms with Gasteiger partial charge in [0.2, 0.25) is 0 Å². The zero-order valence-corrected chi connectivity index (χ0v) is 12.7. The summed E-state index contributed by atoms with van der Waals surface area (Å²) in [5.74, 6) is 3.07. The molecular formula is C19H27N. The molecule has 1 heteroatoms. The summed E-state index contributed by atoms with van der Waals surface area (Å²) in [5.41, 5.74) is 4.80. The van der Waals surface area contributed by atoms with Crippen molar-refractivity contribution in [3.05, 3.63) is 34.9 Å². The minimum absolute atomic E-state index is 0.711. The van der Waals surface area contributed by atoms with Crippen molar-refractivity contribution in [2.45, 2.75) is 57.4 Å². The lowest BCUT2D eigenvalue weighted by molar-refractivity contribution is 0.460. The molecule has 3 aliphatic carbocycles. The molecule has 1 nitrogen and oxygen atoms in total. The predicted molar refractivity (Wildman–Crippen MR) is 84.0 cm³/mol. The lowest BCUT2D eigenvalue weighted by Gasteiger charge is -2.17. The monoisotopic (exact) mass is 269 g/mol. The quantitative estimate of drug-likeness (QED) is 0.878. The molecule has 1 N–H and O–H groups in total. The number of hydrogen-bond acceptors (Lipinski definition) is 1. The van der Waals surface area contributed by atoms with Crippen molar-refractivity contribution in [1.82, 2.24) is 5.32 Å².